The first-order valence-corrected chi connectivity index (χ1v) is 15.7. The average molecular weight is 569 g/mol. The zero-order valence-corrected chi connectivity index (χ0v) is 24.9. The van der Waals surface area contributed by atoms with E-state index in [-0.39, 0.29) is 11.2 Å². The van der Waals surface area contributed by atoms with Gasteiger partial charge in [-0.15, -0.1) is 23.1 Å². The van der Waals surface area contributed by atoms with Gasteiger partial charge in [0.25, 0.3) is 0 Å². The number of ether oxygens (including phenoxy) is 2. The van der Waals surface area contributed by atoms with E-state index < -0.39 is 0 Å². The number of thiazole rings is 1. The number of amides is 1. The molecule has 202 valence electrons. The summed E-state index contributed by atoms with van der Waals surface area (Å²) in [5.41, 5.74) is 3.47. The lowest BCUT2D eigenvalue weighted by Gasteiger charge is -2.20. The van der Waals surface area contributed by atoms with Crippen molar-refractivity contribution in [2.45, 2.75) is 59.9 Å². The molecule has 1 aromatic heterocycles. The summed E-state index contributed by atoms with van der Waals surface area (Å²) >= 11 is 5.32. The topological polar surface area (TPSA) is 60.5 Å². The highest BCUT2D eigenvalue weighted by atomic mass is 32.2. The van der Waals surface area contributed by atoms with Crippen molar-refractivity contribution in [2.24, 2.45) is 0 Å². The zero-order valence-electron chi connectivity index (χ0n) is 22.5. The van der Waals surface area contributed by atoms with Crippen LogP contribution in [0.25, 0.3) is 6.08 Å². The molecular formula is C30H36N2O3S3. The van der Waals surface area contributed by atoms with Crippen LogP contribution in [0.1, 0.15) is 65.5 Å². The molecule has 38 heavy (non-hydrogen) atoms. The summed E-state index contributed by atoms with van der Waals surface area (Å²) in [6.45, 7) is 4.99. The number of carbonyl (C=O) groups excluding carboxylic acids is 1. The molecule has 1 aliphatic carbocycles. The van der Waals surface area contributed by atoms with Crippen LogP contribution in [-0.4, -0.2) is 37.4 Å². The first-order valence-electron chi connectivity index (χ1n) is 13.0. The Hall–Kier alpha value is -2.42. The third kappa shape index (κ3) is 7.80. The van der Waals surface area contributed by atoms with Gasteiger partial charge in [-0.3, -0.25) is 4.79 Å². The van der Waals surface area contributed by atoms with Crippen LogP contribution in [-0.2, 0) is 4.79 Å². The smallest absolute Gasteiger partial charge is 0.220 e. The normalized spacial score (nSPS) is 15.1. The highest BCUT2D eigenvalue weighted by Crippen LogP contribution is 2.43. The van der Waals surface area contributed by atoms with Crippen LogP contribution in [0.2, 0.25) is 0 Å². The Bertz CT molecular complexity index is 1240. The number of nitrogens with one attached hydrogen (secondary N) is 1. The van der Waals surface area contributed by atoms with Gasteiger partial charge in [-0.1, -0.05) is 48.5 Å². The van der Waals surface area contributed by atoms with E-state index >= 15 is 0 Å². The number of carbonyl (C=O) groups is 1. The van der Waals surface area contributed by atoms with E-state index in [1.165, 1.54) is 15.3 Å². The van der Waals surface area contributed by atoms with Gasteiger partial charge in [0.15, 0.2) is 4.34 Å². The number of rotatable bonds is 13. The lowest BCUT2D eigenvalue weighted by molar-refractivity contribution is -0.121. The second-order valence-corrected chi connectivity index (χ2v) is 13.0. The van der Waals surface area contributed by atoms with E-state index in [0.717, 1.165) is 52.1 Å². The monoisotopic (exact) mass is 568 g/mol. The van der Waals surface area contributed by atoms with Gasteiger partial charge in [0.1, 0.15) is 11.5 Å². The Labute approximate surface area is 238 Å². The van der Waals surface area contributed by atoms with Crippen LogP contribution < -0.4 is 14.8 Å². The van der Waals surface area contributed by atoms with Crippen molar-refractivity contribution in [3.8, 4) is 11.5 Å². The molecule has 0 radical (unpaired) electrons. The maximum Gasteiger partial charge on any atom is 0.220 e. The molecule has 0 saturated carbocycles. The molecule has 0 aliphatic heterocycles. The fraction of sp³-hybridized carbons (Fsp3) is 0.400. The van der Waals surface area contributed by atoms with E-state index in [1.54, 1.807) is 37.3 Å². The largest absolute Gasteiger partial charge is 0.497 e. The van der Waals surface area contributed by atoms with Crippen LogP contribution >= 0.6 is 34.9 Å². The number of methoxy groups -OCH3 is 2. The first kappa shape index (κ1) is 28.6. The second kappa shape index (κ2) is 14.1. The molecule has 1 heterocycles. The molecule has 3 aromatic rings. The molecule has 0 bridgehead atoms. The van der Waals surface area contributed by atoms with Gasteiger partial charge >= 0.3 is 0 Å². The Morgan fingerprint density at radius 3 is 2.74 bits per heavy atom. The van der Waals surface area contributed by atoms with Crippen molar-refractivity contribution >= 4 is 46.8 Å². The van der Waals surface area contributed by atoms with Gasteiger partial charge in [-0.25, -0.2) is 4.98 Å². The van der Waals surface area contributed by atoms with E-state index in [1.807, 2.05) is 23.9 Å². The predicted octanol–water partition coefficient (Wildman–Crippen LogP) is 7.90. The summed E-state index contributed by atoms with van der Waals surface area (Å²) in [5, 5.41) is 3.25. The summed E-state index contributed by atoms with van der Waals surface area (Å²) in [5.74, 6) is 3.05. The number of benzene rings is 2. The van der Waals surface area contributed by atoms with Gasteiger partial charge in [0.05, 0.1) is 19.9 Å². The van der Waals surface area contributed by atoms with E-state index in [2.05, 4.69) is 61.6 Å². The molecule has 5 nitrogen and oxygen atoms in total. The number of hydrogen-bond acceptors (Lipinski definition) is 7. The summed E-state index contributed by atoms with van der Waals surface area (Å²) in [4.78, 5) is 19.9. The molecule has 4 rings (SSSR count). The first-order chi connectivity index (χ1) is 18.5. The number of thioether (sulfide) groups is 2. The minimum atomic E-state index is 0.0985. The van der Waals surface area contributed by atoms with Gasteiger partial charge in [0.2, 0.25) is 5.91 Å². The number of aromatic nitrogens is 1. The Morgan fingerprint density at radius 2 is 2.00 bits per heavy atom. The molecule has 1 aliphatic rings. The number of allylic oxidation sites excluding steroid dienone is 1. The van der Waals surface area contributed by atoms with E-state index in [4.69, 9.17) is 14.5 Å². The van der Waals surface area contributed by atoms with E-state index in [0.29, 0.717) is 18.9 Å². The minimum Gasteiger partial charge on any atom is -0.497 e. The molecule has 8 heteroatoms. The Morgan fingerprint density at radius 1 is 1.18 bits per heavy atom. The number of nitrogens with zero attached hydrogens (tertiary/aromatic N) is 1. The lowest BCUT2D eigenvalue weighted by atomic mass is 10.00. The lowest BCUT2D eigenvalue weighted by Crippen LogP contribution is -2.25. The Kier molecular flexibility index (Phi) is 10.6. The highest BCUT2D eigenvalue weighted by Gasteiger charge is 2.20. The van der Waals surface area contributed by atoms with Gasteiger partial charge in [-0.2, -0.15) is 0 Å². The summed E-state index contributed by atoms with van der Waals surface area (Å²) in [6, 6.07) is 14.6. The van der Waals surface area contributed by atoms with Crippen molar-refractivity contribution < 1.29 is 14.3 Å². The number of aryl methyl sites for hydroxylation is 1. The number of hydrogen-bond donors (Lipinski definition) is 1. The molecule has 1 amide bonds. The summed E-state index contributed by atoms with van der Waals surface area (Å²) in [7, 11) is 3.35. The molecule has 2 aromatic carbocycles. The molecule has 0 fully saturated rings. The molecule has 0 spiro atoms. The fourth-order valence-electron chi connectivity index (χ4n) is 4.36. The van der Waals surface area contributed by atoms with Crippen molar-refractivity contribution in [1.29, 1.82) is 0 Å². The van der Waals surface area contributed by atoms with Crippen molar-refractivity contribution in [2.75, 3.05) is 26.5 Å². The van der Waals surface area contributed by atoms with Gasteiger partial charge in [-0.05, 0) is 56.4 Å². The quantitative estimate of drug-likeness (QED) is 0.167. The third-order valence-electron chi connectivity index (χ3n) is 6.48. The van der Waals surface area contributed by atoms with Crippen LogP contribution in [0.5, 0.6) is 11.5 Å². The molecular weight excluding hydrogens is 533 g/mol. The SMILES string of the molecule is COc1ccc(C(CCCC(=O)NCCSc2nc3c(s2)C(C)CC=C3)Sc2ccc(C)cc2)c(OC)c1. The zero-order chi connectivity index (χ0) is 26.9. The maximum atomic E-state index is 12.6. The maximum absolute atomic E-state index is 12.6. The van der Waals surface area contributed by atoms with Crippen LogP contribution in [0, 0.1) is 6.92 Å². The van der Waals surface area contributed by atoms with Crippen molar-refractivity contribution in [3.63, 3.8) is 0 Å². The average Bonchev–Trinajstić information content (AvgIpc) is 3.36. The molecule has 2 atom stereocenters. The molecule has 2 unspecified atom stereocenters. The third-order valence-corrected chi connectivity index (χ3v) is 10.2. The minimum absolute atomic E-state index is 0.0985. The van der Waals surface area contributed by atoms with Crippen molar-refractivity contribution in [1.82, 2.24) is 10.3 Å². The predicted molar refractivity (Wildman–Crippen MR) is 161 cm³/mol. The number of fused-ring (bicyclic) bond motifs is 1. The Balaban J connectivity index is 1.28. The standard InChI is InChI=1S/C30H36N2O3S3/c1-20-11-14-23(15-12-20)37-27(24-16-13-22(34-3)19-26(24)35-4)9-6-10-28(33)31-17-18-36-30-32-25-8-5-7-21(2)29(25)38-30/h5,8,11-16,19,21,27H,6-7,9-10,17-18H2,1-4H3,(H,31,33). The highest BCUT2D eigenvalue weighted by molar-refractivity contribution is 8.01. The summed E-state index contributed by atoms with van der Waals surface area (Å²) < 4.78 is 12.2. The fourth-order valence-corrected chi connectivity index (χ4v) is 7.73. The van der Waals surface area contributed by atoms with E-state index in [9.17, 15) is 4.79 Å². The molecule has 0 saturated heterocycles. The molecule has 1 N–H and O–H groups in total. The summed E-state index contributed by atoms with van der Waals surface area (Å²) in [6.07, 6.45) is 7.58. The van der Waals surface area contributed by atoms with Gasteiger partial charge in [0, 0.05) is 45.4 Å². The second-order valence-electron chi connectivity index (χ2n) is 9.39. The van der Waals surface area contributed by atoms with Crippen molar-refractivity contribution in [3.05, 3.63) is 70.2 Å². The van der Waals surface area contributed by atoms with Crippen LogP contribution in [0.4, 0.5) is 0 Å². The van der Waals surface area contributed by atoms with Gasteiger partial charge < -0.3 is 14.8 Å². The van der Waals surface area contributed by atoms with Crippen LogP contribution in [0.3, 0.4) is 0 Å². The van der Waals surface area contributed by atoms with Crippen LogP contribution in [0.15, 0.2) is 57.8 Å².